The molecule has 2 N–H and O–H groups in total. The minimum Gasteiger partial charge on any atom is -0.278 e. The number of rotatable bonds is 8. The Morgan fingerprint density at radius 1 is 1.06 bits per heavy atom. The van der Waals surface area contributed by atoms with Gasteiger partial charge in [0.25, 0.3) is 15.9 Å². The van der Waals surface area contributed by atoms with E-state index >= 15 is 0 Å². The number of benzene rings is 2. The molecule has 34 heavy (non-hydrogen) atoms. The number of carbonyl (C=O) groups excluding carboxylic acids is 1. The molecule has 0 unspecified atom stereocenters. The number of nitrogens with one attached hydrogen (secondary N) is 2. The second-order valence-electron chi connectivity index (χ2n) is 7.51. The first-order valence-electron chi connectivity index (χ1n) is 10.4. The molecule has 0 saturated carbocycles. The summed E-state index contributed by atoms with van der Waals surface area (Å²) in [4.78, 5) is 12.8. The summed E-state index contributed by atoms with van der Waals surface area (Å²) in [6.07, 6.45) is 1.55. The van der Waals surface area contributed by atoms with E-state index < -0.39 is 15.9 Å². The van der Waals surface area contributed by atoms with Gasteiger partial charge in [0, 0.05) is 11.3 Å². The van der Waals surface area contributed by atoms with E-state index in [2.05, 4.69) is 20.3 Å². The highest BCUT2D eigenvalue weighted by atomic mass is 32.2. The van der Waals surface area contributed by atoms with Crippen molar-refractivity contribution in [2.45, 2.75) is 24.6 Å². The third-order valence-electron chi connectivity index (χ3n) is 5.15. The summed E-state index contributed by atoms with van der Waals surface area (Å²) < 4.78 is 29.7. The van der Waals surface area contributed by atoms with Gasteiger partial charge >= 0.3 is 0 Å². The smallest absolute Gasteiger partial charge is 0.273 e. The molecule has 4 rings (SSSR count). The molecule has 174 valence electrons. The number of thiophene rings is 1. The van der Waals surface area contributed by atoms with E-state index in [0.717, 1.165) is 33.9 Å². The highest BCUT2D eigenvalue weighted by Crippen LogP contribution is 2.23. The van der Waals surface area contributed by atoms with Crippen LogP contribution in [0.15, 0.2) is 81.4 Å². The van der Waals surface area contributed by atoms with Gasteiger partial charge in [-0.3, -0.25) is 14.2 Å². The molecule has 0 atom stereocenters. The number of para-hydroxylation sites is 1. The lowest BCUT2D eigenvalue weighted by atomic mass is 10.2. The van der Waals surface area contributed by atoms with Gasteiger partial charge in [-0.2, -0.15) is 10.2 Å². The molecule has 0 saturated heterocycles. The molecule has 8 nitrogen and oxygen atoms in total. The van der Waals surface area contributed by atoms with Crippen LogP contribution >= 0.6 is 11.3 Å². The highest BCUT2D eigenvalue weighted by Gasteiger charge is 2.19. The molecule has 4 aromatic rings. The van der Waals surface area contributed by atoms with E-state index in [1.54, 1.807) is 29.8 Å². The zero-order valence-corrected chi connectivity index (χ0v) is 20.2. The molecule has 0 spiro atoms. The topological polar surface area (TPSA) is 105 Å². The van der Waals surface area contributed by atoms with Crippen molar-refractivity contribution in [3.63, 3.8) is 0 Å². The predicted molar refractivity (Wildman–Crippen MR) is 134 cm³/mol. The first-order chi connectivity index (χ1) is 16.3. The first-order valence-corrected chi connectivity index (χ1v) is 12.8. The van der Waals surface area contributed by atoms with Gasteiger partial charge in [0.15, 0.2) is 0 Å². The van der Waals surface area contributed by atoms with Crippen LogP contribution in [-0.2, 0) is 16.6 Å². The van der Waals surface area contributed by atoms with E-state index in [4.69, 9.17) is 0 Å². The third kappa shape index (κ3) is 5.24. The second-order valence-corrected chi connectivity index (χ2v) is 10.4. The number of hydrogen-bond donors (Lipinski definition) is 2. The van der Waals surface area contributed by atoms with Crippen LogP contribution in [0.3, 0.4) is 0 Å². The van der Waals surface area contributed by atoms with Crippen molar-refractivity contribution in [2.24, 2.45) is 5.10 Å². The highest BCUT2D eigenvalue weighted by molar-refractivity contribution is 7.94. The summed E-state index contributed by atoms with van der Waals surface area (Å²) in [5.74, 6) is -0.535. The Labute approximate surface area is 202 Å². The molecule has 0 aliphatic rings. The van der Waals surface area contributed by atoms with Gasteiger partial charge < -0.3 is 0 Å². The molecule has 0 radical (unpaired) electrons. The molecule has 0 fully saturated rings. The lowest BCUT2D eigenvalue weighted by Crippen LogP contribution is -2.21. The second kappa shape index (κ2) is 10.0. The molecule has 1 amide bonds. The van der Waals surface area contributed by atoms with Crippen LogP contribution < -0.4 is 10.1 Å². The summed E-state index contributed by atoms with van der Waals surface area (Å²) in [5.41, 5.74) is 6.46. The van der Waals surface area contributed by atoms with Crippen LogP contribution in [-0.4, -0.2) is 30.3 Å². The van der Waals surface area contributed by atoms with Gasteiger partial charge in [-0.25, -0.2) is 13.8 Å². The standard InChI is InChI=1S/C24H23N5O3S2/c1-17-21(18(2)29(27-17)16-19-9-4-3-5-10-19)15-25-26-24(30)20-11-6-7-12-22(20)28-34(31,32)23-13-8-14-33-23/h3-15,28H,16H2,1-2H3,(H,26,30)/b25-15-. The summed E-state index contributed by atoms with van der Waals surface area (Å²) in [7, 11) is -3.78. The number of anilines is 1. The molecule has 0 bridgehead atoms. The van der Waals surface area contributed by atoms with Gasteiger partial charge in [-0.05, 0) is 43.0 Å². The summed E-state index contributed by atoms with van der Waals surface area (Å²) in [5, 5.41) is 10.3. The third-order valence-corrected chi connectivity index (χ3v) is 7.91. The minimum absolute atomic E-state index is 0.160. The van der Waals surface area contributed by atoms with E-state index in [1.165, 1.54) is 18.2 Å². The molecule has 2 aromatic heterocycles. The van der Waals surface area contributed by atoms with Gasteiger partial charge in [0.05, 0.1) is 29.7 Å². The van der Waals surface area contributed by atoms with Gasteiger partial charge in [0.1, 0.15) is 4.21 Å². The molecular weight excluding hydrogens is 470 g/mol. The van der Waals surface area contributed by atoms with Gasteiger partial charge in [-0.1, -0.05) is 48.5 Å². The zero-order valence-electron chi connectivity index (χ0n) is 18.6. The van der Waals surface area contributed by atoms with Crippen LogP contribution in [0.2, 0.25) is 0 Å². The van der Waals surface area contributed by atoms with E-state index in [9.17, 15) is 13.2 Å². The number of aromatic nitrogens is 2. The minimum atomic E-state index is -3.78. The molecule has 0 aliphatic heterocycles. The zero-order chi connectivity index (χ0) is 24.1. The quantitative estimate of drug-likeness (QED) is 0.284. The normalized spacial score (nSPS) is 11.6. The SMILES string of the molecule is Cc1nn(Cc2ccccc2)c(C)c1/C=N\NC(=O)c1ccccc1NS(=O)(=O)c1cccs1. The van der Waals surface area contributed by atoms with Crippen molar-refractivity contribution >= 4 is 39.2 Å². The first kappa shape index (κ1) is 23.4. The number of carbonyl (C=O) groups is 1. The Morgan fingerprint density at radius 3 is 2.53 bits per heavy atom. The van der Waals surface area contributed by atoms with E-state index in [1.807, 2.05) is 48.9 Å². The van der Waals surface area contributed by atoms with Crippen LogP contribution in [0.4, 0.5) is 5.69 Å². The molecular formula is C24H23N5O3S2. The Kier molecular flexibility index (Phi) is 6.90. The van der Waals surface area contributed by atoms with Gasteiger partial charge in [0.2, 0.25) is 0 Å². The van der Waals surface area contributed by atoms with Crippen molar-refractivity contribution in [1.29, 1.82) is 0 Å². The average molecular weight is 494 g/mol. The monoisotopic (exact) mass is 493 g/mol. The van der Waals surface area contributed by atoms with Crippen molar-refractivity contribution in [1.82, 2.24) is 15.2 Å². The Hall–Kier alpha value is -3.76. The van der Waals surface area contributed by atoms with Crippen LogP contribution in [0, 0.1) is 13.8 Å². The maximum absolute atomic E-state index is 12.8. The number of hydrogen-bond acceptors (Lipinski definition) is 6. The number of hydrazone groups is 1. The van der Waals surface area contributed by atoms with Crippen molar-refractivity contribution < 1.29 is 13.2 Å². The van der Waals surface area contributed by atoms with Crippen LogP contribution in [0.5, 0.6) is 0 Å². The average Bonchev–Trinajstić information content (AvgIpc) is 3.45. The lowest BCUT2D eigenvalue weighted by molar-refractivity contribution is 0.0956. The summed E-state index contributed by atoms with van der Waals surface area (Å²) >= 11 is 1.10. The summed E-state index contributed by atoms with van der Waals surface area (Å²) in [6.45, 7) is 4.46. The lowest BCUT2D eigenvalue weighted by Gasteiger charge is -2.10. The molecule has 2 aromatic carbocycles. The van der Waals surface area contributed by atoms with E-state index in [0.29, 0.717) is 6.54 Å². The van der Waals surface area contributed by atoms with Crippen molar-refractivity contribution in [3.8, 4) is 0 Å². The van der Waals surface area contributed by atoms with E-state index in [-0.39, 0.29) is 15.5 Å². The number of nitrogens with zero attached hydrogens (tertiary/aromatic N) is 3. The Morgan fingerprint density at radius 2 is 1.79 bits per heavy atom. The fourth-order valence-electron chi connectivity index (χ4n) is 3.41. The number of aryl methyl sites for hydroxylation is 1. The Bertz CT molecular complexity index is 1430. The number of amides is 1. The molecule has 10 heteroatoms. The fraction of sp³-hybridized carbons (Fsp3) is 0.125. The van der Waals surface area contributed by atoms with Crippen LogP contribution in [0.25, 0.3) is 0 Å². The maximum Gasteiger partial charge on any atom is 0.273 e. The Balaban J connectivity index is 1.48. The maximum atomic E-state index is 12.8. The van der Waals surface area contributed by atoms with Gasteiger partial charge in [-0.15, -0.1) is 11.3 Å². The van der Waals surface area contributed by atoms with Crippen molar-refractivity contribution in [2.75, 3.05) is 4.72 Å². The largest absolute Gasteiger partial charge is 0.278 e. The predicted octanol–water partition coefficient (Wildman–Crippen LogP) is 4.17. The summed E-state index contributed by atoms with van der Waals surface area (Å²) in [6, 6.07) is 19.5. The fourth-order valence-corrected chi connectivity index (χ4v) is 5.48. The molecule has 0 aliphatic carbocycles. The number of sulfonamides is 1. The van der Waals surface area contributed by atoms with Crippen molar-refractivity contribution in [3.05, 3.63) is 100 Å². The molecule has 2 heterocycles. The van der Waals surface area contributed by atoms with Crippen LogP contribution in [0.1, 0.15) is 32.9 Å².